The van der Waals surface area contributed by atoms with Gasteiger partial charge in [0.05, 0.1) is 18.7 Å². The lowest BCUT2D eigenvalue weighted by molar-refractivity contribution is -0.120. The summed E-state index contributed by atoms with van der Waals surface area (Å²) in [7, 11) is 0. The Kier molecular flexibility index (Phi) is 5.43. The molecule has 1 N–H and O–H groups in total. The van der Waals surface area contributed by atoms with Crippen LogP contribution >= 0.6 is 11.3 Å². The molecule has 2 heterocycles. The number of nitrogens with one attached hydrogen (secondary N) is 1. The van der Waals surface area contributed by atoms with E-state index in [4.69, 9.17) is 4.74 Å². The summed E-state index contributed by atoms with van der Waals surface area (Å²) in [4.78, 5) is 29.7. The van der Waals surface area contributed by atoms with Crippen molar-refractivity contribution in [3.05, 3.63) is 41.4 Å². The van der Waals surface area contributed by atoms with E-state index < -0.39 is 0 Å². The maximum atomic E-state index is 11.9. The number of hydrogen-bond donors (Lipinski definition) is 1. The number of nitrogens with zero attached hydrogens (tertiary/aromatic N) is 2. The normalized spacial score (nSPS) is 14.0. The molecule has 1 aromatic carbocycles. The molecule has 1 fully saturated rings. The van der Waals surface area contributed by atoms with Crippen molar-refractivity contribution in [2.24, 2.45) is 0 Å². The highest BCUT2D eigenvalue weighted by Crippen LogP contribution is 2.25. The highest BCUT2D eigenvalue weighted by atomic mass is 32.1. The molecule has 0 atom stereocenters. The van der Waals surface area contributed by atoms with Gasteiger partial charge in [-0.05, 0) is 18.6 Å². The van der Waals surface area contributed by atoms with Crippen molar-refractivity contribution in [1.29, 1.82) is 0 Å². The Morgan fingerprint density at radius 3 is 2.92 bits per heavy atom. The number of hydrogen-bond acceptors (Lipinski definition) is 5. The predicted octanol–water partition coefficient (Wildman–Crippen LogP) is 2.01. The topological polar surface area (TPSA) is 71.5 Å². The Bertz CT molecular complexity index is 702. The number of anilines is 1. The first-order valence-corrected chi connectivity index (χ1v) is 8.79. The summed E-state index contributed by atoms with van der Waals surface area (Å²) < 4.78 is 5.52. The SMILES string of the molecule is O=C(Cc1csc(N2CCCC2=O)n1)NCCOc1ccccc1. The predicted molar refractivity (Wildman–Crippen MR) is 92.4 cm³/mol. The van der Waals surface area contributed by atoms with Crippen molar-refractivity contribution in [2.75, 3.05) is 24.6 Å². The number of aromatic nitrogens is 1. The van der Waals surface area contributed by atoms with Gasteiger partial charge in [0.2, 0.25) is 11.8 Å². The van der Waals surface area contributed by atoms with Gasteiger partial charge in [-0.15, -0.1) is 11.3 Å². The monoisotopic (exact) mass is 345 g/mol. The van der Waals surface area contributed by atoms with Crippen molar-refractivity contribution < 1.29 is 14.3 Å². The van der Waals surface area contributed by atoms with Gasteiger partial charge in [0, 0.05) is 18.3 Å². The number of thiazole rings is 1. The zero-order chi connectivity index (χ0) is 16.8. The summed E-state index contributed by atoms with van der Waals surface area (Å²) in [5, 5.41) is 5.33. The van der Waals surface area contributed by atoms with Gasteiger partial charge >= 0.3 is 0 Å². The van der Waals surface area contributed by atoms with E-state index >= 15 is 0 Å². The van der Waals surface area contributed by atoms with E-state index in [1.165, 1.54) is 11.3 Å². The molecule has 0 radical (unpaired) electrons. The minimum atomic E-state index is -0.101. The van der Waals surface area contributed by atoms with Gasteiger partial charge in [-0.2, -0.15) is 0 Å². The molecule has 3 rings (SSSR count). The number of ether oxygens (including phenoxy) is 1. The van der Waals surface area contributed by atoms with Crippen LogP contribution in [0.5, 0.6) is 5.75 Å². The van der Waals surface area contributed by atoms with Crippen molar-refractivity contribution >= 4 is 28.3 Å². The summed E-state index contributed by atoms with van der Waals surface area (Å²) in [6.45, 7) is 1.57. The number of benzene rings is 1. The van der Waals surface area contributed by atoms with E-state index in [0.29, 0.717) is 30.4 Å². The van der Waals surface area contributed by atoms with Gasteiger partial charge in [-0.25, -0.2) is 4.98 Å². The van der Waals surface area contributed by atoms with Crippen LogP contribution in [-0.4, -0.2) is 36.5 Å². The standard InChI is InChI=1S/C17H19N3O3S/c21-15(18-8-10-23-14-5-2-1-3-6-14)11-13-12-24-17(19-13)20-9-4-7-16(20)22/h1-3,5-6,12H,4,7-11H2,(H,18,21). The second kappa shape index (κ2) is 7.92. The molecule has 24 heavy (non-hydrogen) atoms. The Morgan fingerprint density at radius 2 is 2.17 bits per heavy atom. The fourth-order valence-corrected chi connectivity index (χ4v) is 3.32. The van der Waals surface area contributed by atoms with E-state index in [0.717, 1.165) is 18.7 Å². The van der Waals surface area contributed by atoms with Crippen LogP contribution in [0.25, 0.3) is 0 Å². The largest absolute Gasteiger partial charge is 0.492 e. The average molecular weight is 345 g/mol. The Morgan fingerprint density at radius 1 is 1.33 bits per heavy atom. The van der Waals surface area contributed by atoms with Crippen LogP contribution in [0.15, 0.2) is 35.7 Å². The lowest BCUT2D eigenvalue weighted by Crippen LogP contribution is -2.29. The van der Waals surface area contributed by atoms with Gasteiger partial charge in [-0.1, -0.05) is 18.2 Å². The quantitative estimate of drug-likeness (QED) is 0.779. The first kappa shape index (κ1) is 16.4. The van der Waals surface area contributed by atoms with Crippen molar-refractivity contribution in [2.45, 2.75) is 19.3 Å². The van der Waals surface area contributed by atoms with E-state index in [9.17, 15) is 9.59 Å². The Hall–Kier alpha value is -2.41. The van der Waals surface area contributed by atoms with Crippen molar-refractivity contribution in [1.82, 2.24) is 10.3 Å². The van der Waals surface area contributed by atoms with Crippen molar-refractivity contribution in [3.8, 4) is 5.75 Å². The van der Waals surface area contributed by atoms with Crippen LogP contribution in [0.4, 0.5) is 5.13 Å². The number of amides is 2. The molecule has 1 aliphatic heterocycles. The molecule has 1 aromatic heterocycles. The van der Waals surface area contributed by atoms with Crippen LogP contribution in [0.1, 0.15) is 18.5 Å². The molecule has 0 spiro atoms. The molecular formula is C17H19N3O3S. The molecule has 6 nitrogen and oxygen atoms in total. The van der Waals surface area contributed by atoms with Crippen LogP contribution in [0.3, 0.4) is 0 Å². The van der Waals surface area contributed by atoms with E-state index in [2.05, 4.69) is 10.3 Å². The average Bonchev–Trinajstić information content (AvgIpc) is 3.21. The third-order valence-corrected chi connectivity index (χ3v) is 4.53. The maximum Gasteiger partial charge on any atom is 0.228 e. The lowest BCUT2D eigenvalue weighted by atomic mass is 10.3. The zero-order valence-corrected chi connectivity index (χ0v) is 14.1. The van der Waals surface area contributed by atoms with Gasteiger partial charge < -0.3 is 10.1 Å². The molecular weight excluding hydrogens is 326 g/mol. The van der Waals surface area contributed by atoms with E-state index in [1.54, 1.807) is 4.90 Å². The van der Waals surface area contributed by atoms with Gasteiger partial charge in [0.1, 0.15) is 12.4 Å². The molecule has 0 bridgehead atoms. The fourth-order valence-electron chi connectivity index (χ4n) is 2.45. The molecule has 1 aliphatic rings. The first-order chi connectivity index (χ1) is 11.7. The van der Waals surface area contributed by atoms with Gasteiger partial charge in [-0.3, -0.25) is 14.5 Å². The third-order valence-electron chi connectivity index (χ3n) is 3.62. The number of carbonyl (C=O) groups excluding carboxylic acids is 2. The molecule has 126 valence electrons. The highest BCUT2D eigenvalue weighted by Gasteiger charge is 2.24. The Labute approximate surface area is 144 Å². The summed E-state index contributed by atoms with van der Waals surface area (Å²) >= 11 is 1.41. The molecule has 7 heteroatoms. The summed E-state index contributed by atoms with van der Waals surface area (Å²) in [6.07, 6.45) is 1.66. The summed E-state index contributed by atoms with van der Waals surface area (Å²) in [5.41, 5.74) is 0.691. The molecule has 0 unspecified atom stereocenters. The van der Waals surface area contributed by atoms with Gasteiger partial charge in [0.15, 0.2) is 5.13 Å². The van der Waals surface area contributed by atoms with E-state index in [1.807, 2.05) is 35.7 Å². The number of carbonyl (C=O) groups is 2. The second-order valence-corrected chi connectivity index (χ2v) is 6.30. The minimum absolute atomic E-state index is 0.101. The maximum absolute atomic E-state index is 11.9. The fraction of sp³-hybridized carbons (Fsp3) is 0.353. The summed E-state index contributed by atoms with van der Waals surface area (Å²) in [6, 6.07) is 9.47. The molecule has 2 aromatic rings. The van der Waals surface area contributed by atoms with E-state index in [-0.39, 0.29) is 18.2 Å². The van der Waals surface area contributed by atoms with Crippen molar-refractivity contribution in [3.63, 3.8) is 0 Å². The van der Waals surface area contributed by atoms with Crippen LogP contribution < -0.4 is 15.0 Å². The molecule has 1 saturated heterocycles. The van der Waals surface area contributed by atoms with Gasteiger partial charge in [0.25, 0.3) is 0 Å². The second-order valence-electron chi connectivity index (χ2n) is 5.46. The van der Waals surface area contributed by atoms with Crippen LogP contribution in [0.2, 0.25) is 0 Å². The van der Waals surface area contributed by atoms with Crippen LogP contribution in [-0.2, 0) is 16.0 Å². The zero-order valence-electron chi connectivity index (χ0n) is 13.2. The van der Waals surface area contributed by atoms with Crippen LogP contribution in [0, 0.1) is 0 Å². The number of rotatable bonds is 7. The number of para-hydroxylation sites is 1. The third kappa shape index (κ3) is 4.32. The first-order valence-electron chi connectivity index (χ1n) is 7.92. The molecule has 2 amide bonds. The minimum Gasteiger partial charge on any atom is -0.492 e. The summed E-state index contributed by atoms with van der Waals surface area (Å²) in [5.74, 6) is 0.792. The lowest BCUT2D eigenvalue weighted by Gasteiger charge is -2.10. The molecule has 0 aliphatic carbocycles. The Balaban J connectivity index is 1.40. The molecule has 0 saturated carbocycles. The highest BCUT2D eigenvalue weighted by molar-refractivity contribution is 7.14. The smallest absolute Gasteiger partial charge is 0.228 e.